The Morgan fingerprint density at radius 2 is 1.95 bits per heavy atom. The molecule has 110 valence electrons. The second-order valence-electron chi connectivity index (χ2n) is 4.62. The van der Waals surface area contributed by atoms with E-state index >= 15 is 0 Å². The van der Waals surface area contributed by atoms with E-state index in [1.54, 1.807) is 7.11 Å². The summed E-state index contributed by atoms with van der Waals surface area (Å²) in [6, 6.07) is 11.2. The number of nitrogens with one attached hydrogen (secondary N) is 1. The molecule has 0 saturated carbocycles. The maximum atomic E-state index is 12.4. The van der Waals surface area contributed by atoms with Crippen molar-refractivity contribution in [2.24, 2.45) is 0 Å². The number of ether oxygens (including phenoxy) is 1. The molecular weight excluding hydrogens is 398 g/mol. The van der Waals surface area contributed by atoms with E-state index in [0.29, 0.717) is 12.2 Å². The van der Waals surface area contributed by atoms with E-state index in [2.05, 4.69) is 37.2 Å². The number of carbonyl (C=O) groups is 1. The predicted octanol–water partition coefficient (Wildman–Crippen LogP) is 4.92. The van der Waals surface area contributed by atoms with Crippen LogP contribution in [0.4, 0.5) is 5.69 Å². The Hall–Kier alpha value is -1.17. The lowest BCUT2D eigenvalue weighted by atomic mass is 10.1. The highest BCUT2D eigenvalue weighted by Crippen LogP contribution is 2.26. The molecule has 0 atom stereocenters. The molecule has 2 aromatic carbocycles. The Labute approximate surface area is 141 Å². The molecule has 1 amide bonds. The zero-order valence-corrected chi connectivity index (χ0v) is 14.9. The van der Waals surface area contributed by atoms with E-state index in [4.69, 9.17) is 4.74 Å². The van der Waals surface area contributed by atoms with Crippen LogP contribution in [-0.2, 0) is 11.3 Å². The molecule has 2 aromatic rings. The molecule has 0 unspecified atom stereocenters. The molecule has 0 bridgehead atoms. The van der Waals surface area contributed by atoms with Crippen LogP contribution in [0, 0.1) is 6.92 Å². The lowest BCUT2D eigenvalue weighted by molar-refractivity contribution is 0.102. The molecule has 0 saturated heterocycles. The summed E-state index contributed by atoms with van der Waals surface area (Å²) in [5, 5.41) is 2.93. The molecule has 0 aromatic heterocycles. The number of halogens is 2. The summed E-state index contributed by atoms with van der Waals surface area (Å²) in [5.74, 6) is -0.147. The van der Waals surface area contributed by atoms with Gasteiger partial charge >= 0.3 is 0 Å². The first-order valence-corrected chi connectivity index (χ1v) is 7.95. The number of carbonyl (C=O) groups excluding carboxylic acids is 1. The van der Waals surface area contributed by atoms with E-state index in [1.807, 2.05) is 43.3 Å². The van der Waals surface area contributed by atoms with E-state index in [-0.39, 0.29) is 5.91 Å². The minimum Gasteiger partial charge on any atom is -0.380 e. The Balaban J connectivity index is 2.27. The van der Waals surface area contributed by atoms with Gasteiger partial charge in [0.15, 0.2) is 0 Å². The monoisotopic (exact) mass is 411 g/mol. The van der Waals surface area contributed by atoms with E-state index in [0.717, 1.165) is 25.8 Å². The second-order valence-corrected chi connectivity index (χ2v) is 6.33. The fraction of sp³-hybridized carbons (Fsp3) is 0.188. The van der Waals surface area contributed by atoms with Crippen molar-refractivity contribution in [2.75, 3.05) is 12.4 Å². The van der Waals surface area contributed by atoms with Gasteiger partial charge in [-0.3, -0.25) is 4.79 Å². The van der Waals surface area contributed by atoms with Crippen molar-refractivity contribution >= 4 is 43.5 Å². The summed E-state index contributed by atoms with van der Waals surface area (Å²) in [7, 11) is 1.63. The van der Waals surface area contributed by atoms with E-state index in [1.165, 1.54) is 0 Å². The molecule has 2 rings (SSSR count). The third-order valence-electron chi connectivity index (χ3n) is 3.09. The summed E-state index contributed by atoms with van der Waals surface area (Å²) >= 11 is 6.92. The van der Waals surface area contributed by atoms with Crippen molar-refractivity contribution in [3.63, 3.8) is 0 Å². The smallest absolute Gasteiger partial charge is 0.255 e. The van der Waals surface area contributed by atoms with Gasteiger partial charge in [-0.2, -0.15) is 0 Å². The fourth-order valence-corrected chi connectivity index (χ4v) is 2.75. The van der Waals surface area contributed by atoms with Crippen molar-refractivity contribution in [3.8, 4) is 0 Å². The lowest BCUT2D eigenvalue weighted by Gasteiger charge is -2.12. The van der Waals surface area contributed by atoms with E-state index in [9.17, 15) is 4.79 Å². The van der Waals surface area contributed by atoms with Crippen molar-refractivity contribution in [1.29, 1.82) is 0 Å². The molecular formula is C16H15Br2NO2. The van der Waals surface area contributed by atoms with Gasteiger partial charge in [-0.15, -0.1) is 0 Å². The van der Waals surface area contributed by atoms with Gasteiger partial charge in [0.25, 0.3) is 5.91 Å². The van der Waals surface area contributed by atoms with Gasteiger partial charge in [-0.25, -0.2) is 0 Å². The number of benzene rings is 2. The molecule has 1 N–H and O–H groups in total. The van der Waals surface area contributed by atoms with Crippen LogP contribution in [-0.4, -0.2) is 13.0 Å². The van der Waals surface area contributed by atoms with Gasteiger partial charge in [0, 0.05) is 32.9 Å². The average molecular weight is 413 g/mol. The summed E-state index contributed by atoms with van der Waals surface area (Å²) in [6.07, 6.45) is 0. The van der Waals surface area contributed by atoms with Crippen LogP contribution in [0.15, 0.2) is 45.3 Å². The molecule has 0 aliphatic carbocycles. The first-order valence-electron chi connectivity index (χ1n) is 6.36. The molecule has 5 heteroatoms. The molecule has 3 nitrogen and oxygen atoms in total. The number of anilines is 1. The Morgan fingerprint density at radius 3 is 2.62 bits per heavy atom. The van der Waals surface area contributed by atoms with Crippen molar-refractivity contribution in [1.82, 2.24) is 0 Å². The van der Waals surface area contributed by atoms with Crippen LogP contribution in [0.1, 0.15) is 21.5 Å². The summed E-state index contributed by atoms with van der Waals surface area (Å²) in [5.41, 5.74) is 3.36. The van der Waals surface area contributed by atoms with Crippen molar-refractivity contribution < 1.29 is 9.53 Å². The number of hydrogen-bond donors (Lipinski definition) is 1. The maximum Gasteiger partial charge on any atom is 0.255 e. The van der Waals surface area contributed by atoms with Crippen LogP contribution in [0.2, 0.25) is 0 Å². The highest BCUT2D eigenvalue weighted by atomic mass is 79.9. The number of amides is 1. The normalized spacial score (nSPS) is 10.5. The van der Waals surface area contributed by atoms with Crippen LogP contribution >= 0.6 is 31.9 Å². The first-order chi connectivity index (χ1) is 10.0. The second kappa shape index (κ2) is 7.20. The molecule has 0 aliphatic rings. The minimum absolute atomic E-state index is 0.147. The number of methoxy groups -OCH3 is 1. The number of hydrogen-bond acceptors (Lipinski definition) is 2. The molecule has 0 spiro atoms. The zero-order chi connectivity index (χ0) is 15.4. The Morgan fingerprint density at radius 1 is 1.19 bits per heavy atom. The highest BCUT2D eigenvalue weighted by molar-refractivity contribution is 9.10. The van der Waals surface area contributed by atoms with Crippen LogP contribution in [0.25, 0.3) is 0 Å². The molecule has 0 aliphatic heterocycles. The number of aryl methyl sites for hydroxylation is 1. The highest BCUT2D eigenvalue weighted by Gasteiger charge is 2.12. The molecule has 21 heavy (non-hydrogen) atoms. The van der Waals surface area contributed by atoms with Gasteiger partial charge < -0.3 is 10.1 Å². The van der Waals surface area contributed by atoms with Crippen LogP contribution in [0.5, 0.6) is 0 Å². The average Bonchev–Trinajstić information content (AvgIpc) is 2.45. The Bertz CT molecular complexity index is 671. The largest absolute Gasteiger partial charge is 0.380 e. The van der Waals surface area contributed by atoms with Gasteiger partial charge in [0.1, 0.15) is 0 Å². The van der Waals surface area contributed by atoms with Crippen molar-refractivity contribution in [3.05, 3.63) is 62.0 Å². The third-order valence-corrected chi connectivity index (χ3v) is 4.69. The van der Waals surface area contributed by atoms with Gasteiger partial charge in [-0.1, -0.05) is 44.0 Å². The van der Waals surface area contributed by atoms with Gasteiger partial charge in [0.05, 0.1) is 6.61 Å². The summed E-state index contributed by atoms with van der Waals surface area (Å²) in [4.78, 5) is 12.4. The zero-order valence-electron chi connectivity index (χ0n) is 11.7. The minimum atomic E-state index is -0.147. The molecule has 0 fully saturated rings. The predicted molar refractivity (Wildman–Crippen MR) is 91.7 cm³/mol. The van der Waals surface area contributed by atoms with Crippen LogP contribution < -0.4 is 5.32 Å². The van der Waals surface area contributed by atoms with Gasteiger partial charge in [-0.05, 0) is 36.8 Å². The van der Waals surface area contributed by atoms with Crippen LogP contribution in [0.3, 0.4) is 0 Å². The maximum absolute atomic E-state index is 12.4. The number of rotatable bonds is 4. The lowest BCUT2D eigenvalue weighted by Crippen LogP contribution is -2.14. The third kappa shape index (κ3) is 3.93. The summed E-state index contributed by atoms with van der Waals surface area (Å²) in [6.45, 7) is 2.41. The van der Waals surface area contributed by atoms with Crippen molar-refractivity contribution in [2.45, 2.75) is 13.5 Å². The van der Waals surface area contributed by atoms with Gasteiger partial charge in [0.2, 0.25) is 0 Å². The summed E-state index contributed by atoms with van der Waals surface area (Å²) < 4.78 is 7.01. The Kier molecular flexibility index (Phi) is 5.56. The quantitative estimate of drug-likeness (QED) is 0.773. The SMILES string of the molecule is COCc1c(Br)cccc1NC(=O)c1ccc(C)c(Br)c1. The first kappa shape index (κ1) is 16.2. The topological polar surface area (TPSA) is 38.3 Å². The molecule has 0 radical (unpaired) electrons. The molecule has 0 heterocycles. The fourth-order valence-electron chi connectivity index (χ4n) is 1.90. The van der Waals surface area contributed by atoms with E-state index < -0.39 is 0 Å². The standard InChI is InChI=1S/C16H15Br2NO2/c1-10-6-7-11(8-14(10)18)16(20)19-15-5-3-4-13(17)12(15)9-21-2/h3-8H,9H2,1-2H3,(H,19,20).